The number of hydrogen-bond donors (Lipinski definition) is 1. The zero-order valence-corrected chi connectivity index (χ0v) is 10.9. The van der Waals surface area contributed by atoms with E-state index < -0.39 is 0 Å². The summed E-state index contributed by atoms with van der Waals surface area (Å²) in [5, 5.41) is 0. The molecule has 1 aromatic rings. The molecule has 2 heterocycles. The van der Waals surface area contributed by atoms with Crippen LogP contribution in [0.4, 0.5) is 0 Å². The van der Waals surface area contributed by atoms with Gasteiger partial charge in [-0.2, -0.15) is 11.8 Å². The van der Waals surface area contributed by atoms with Gasteiger partial charge in [-0.05, 0) is 28.9 Å². The molecular formula is C14H20N2S. The molecule has 2 aliphatic heterocycles. The second-order valence-corrected chi connectivity index (χ2v) is 6.39. The van der Waals surface area contributed by atoms with Gasteiger partial charge in [0.2, 0.25) is 0 Å². The van der Waals surface area contributed by atoms with Gasteiger partial charge in [0.05, 0.1) is 0 Å². The maximum atomic E-state index is 6.30. The Kier molecular flexibility index (Phi) is 3.41. The van der Waals surface area contributed by atoms with Gasteiger partial charge in [-0.25, -0.2) is 0 Å². The first-order chi connectivity index (χ1) is 8.33. The summed E-state index contributed by atoms with van der Waals surface area (Å²) in [6.45, 7) is 3.45. The van der Waals surface area contributed by atoms with E-state index in [2.05, 4.69) is 47.0 Å². The van der Waals surface area contributed by atoms with E-state index in [1.54, 1.807) is 0 Å². The zero-order chi connectivity index (χ0) is 11.7. The van der Waals surface area contributed by atoms with Crippen molar-refractivity contribution in [2.24, 2.45) is 17.6 Å². The normalized spacial score (nSPS) is 33.6. The molecule has 2 N–H and O–H groups in total. The molecule has 2 aliphatic rings. The standard InChI is InChI=1S/C14H20N2S/c15-14-12-7-16(8-13(14)10-17-9-12)6-11-4-2-1-3-5-11/h1-5,12-14H,6-10,15H2/t12-,13-/m1/s1. The Hall–Kier alpha value is -0.510. The Morgan fingerprint density at radius 2 is 1.76 bits per heavy atom. The van der Waals surface area contributed by atoms with Gasteiger partial charge in [-0.15, -0.1) is 0 Å². The van der Waals surface area contributed by atoms with Crippen LogP contribution in [0.3, 0.4) is 0 Å². The molecule has 92 valence electrons. The fourth-order valence-electron chi connectivity index (χ4n) is 3.04. The summed E-state index contributed by atoms with van der Waals surface area (Å²) in [6, 6.07) is 11.2. The molecule has 1 aromatic carbocycles. The molecule has 0 saturated carbocycles. The van der Waals surface area contributed by atoms with Crippen LogP contribution in [0.1, 0.15) is 5.56 Å². The number of rotatable bonds is 2. The van der Waals surface area contributed by atoms with Crippen molar-refractivity contribution in [3.63, 3.8) is 0 Å². The molecule has 0 spiro atoms. The highest BCUT2D eigenvalue weighted by Gasteiger charge is 2.37. The third-order valence-corrected chi connectivity index (χ3v) is 5.31. The monoisotopic (exact) mass is 248 g/mol. The molecule has 2 saturated heterocycles. The van der Waals surface area contributed by atoms with E-state index in [1.807, 2.05) is 0 Å². The number of piperidine rings is 1. The van der Waals surface area contributed by atoms with Crippen LogP contribution < -0.4 is 5.73 Å². The smallest absolute Gasteiger partial charge is 0.0234 e. The second-order valence-electron chi connectivity index (χ2n) is 5.31. The summed E-state index contributed by atoms with van der Waals surface area (Å²) in [5.41, 5.74) is 7.72. The van der Waals surface area contributed by atoms with Crippen molar-refractivity contribution in [1.29, 1.82) is 0 Å². The van der Waals surface area contributed by atoms with Crippen molar-refractivity contribution in [1.82, 2.24) is 4.90 Å². The fourth-order valence-corrected chi connectivity index (χ4v) is 4.43. The summed E-state index contributed by atoms with van der Waals surface area (Å²) in [5.74, 6) is 3.92. The molecule has 3 heteroatoms. The minimum absolute atomic E-state index is 0.447. The van der Waals surface area contributed by atoms with E-state index in [-0.39, 0.29) is 0 Å². The highest BCUT2D eigenvalue weighted by atomic mass is 32.2. The predicted molar refractivity (Wildman–Crippen MR) is 74.0 cm³/mol. The van der Waals surface area contributed by atoms with Crippen LogP contribution in [0, 0.1) is 11.8 Å². The third kappa shape index (κ3) is 2.51. The maximum absolute atomic E-state index is 6.30. The van der Waals surface area contributed by atoms with E-state index in [1.165, 1.54) is 30.2 Å². The molecule has 17 heavy (non-hydrogen) atoms. The fraction of sp³-hybridized carbons (Fsp3) is 0.571. The van der Waals surface area contributed by atoms with Gasteiger partial charge in [0, 0.05) is 25.7 Å². The lowest BCUT2D eigenvalue weighted by Crippen LogP contribution is -2.56. The number of likely N-dealkylation sites (tertiary alicyclic amines) is 1. The molecule has 2 fully saturated rings. The van der Waals surface area contributed by atoms with E-state index >= 15 is 0 Å². The zero-order valence-electron chi connectivity index (χ0n) is 10.1. The van der Waals surface area contributed by atoms with Crippen LogP contribution >= 0.6 is 11.8 Å². The van der Waals surface area contributed by atoms with Crippen molar-refractivity contribution in [2.75, 3.05) is 24.6 Å². The van der Waals surface area contributed by atoms with Gasteiger partial charge in [0.25, 0.3) is 0 Å². The minimum atomic E-state index is 0.447. The molecule has 2 nitrogen and oxygen atoms in total. The van der Waals surface area contributed by atoms with Gasteiger partial charge < -0.3 is 5.73 Å². The van der Waals surface area contributed by atoms with Crippen LogP contribution in [0.25, 0.3) is 0 Å². The first-order valence-corrected chi connectivity index (χ1v) is 7.58. The maximum Gasteiger partial charge on any atom is 0.0234 e. The van der Waals surface area contributed by atoms with Gasteiger partial charge in [0.1, 0.15) is 0 Å². The summed E-state index contributed by atoms with van der Waals surface area (Å²) in [4.78, 5) is 2.59. The van der Waals surface area contributed by atoms with Gasteiger partial charge >= 0.3 is 0 Å². The SMILES string of the molecule is NC1[C@H]2CSC[C@H]1CN(Cc1ccccc1)C2. The first kappa shape index (κ1) is 11.6. The van der Waals surface area contributed by atoms with Crippen molar-refractivity contribution < 1.29 is 0 Å². The van der Waals surface area contributed by atoms with Gasteiger partial charge in [0.15, 0.2) is 0 Å². The molecule has 0 amide bonds. The topological polar surface area (TPSA) is 29.3 Å². The van der Waals surface area contributed by atoms with Gasteiger partial charge in [-0.1, -0.05) is 30.3 Å². The number of benzene rings is 1. The summed E-state index contributed by atoms with van der Waals surface area (Å²) in [6.07, 6.45) is 0. The molecule has 2 atom stereocenters. The number of nitrogens with zero attached hydrogens (tertiary/aromatic N) is 1. The molecule has 3 rings (SSSR count). The average molecular weight is 248 g/mol. The summed E-state index contributed by atoms with van der Waals surface area (Å²) in [7, 11) is 0. The highest BCUT2D eigenvalue weighted by molar-refractivity contribution is 7.99. The second kappa shape index (κ2) is 5.01. The molecular weight excluding hydrogens is 228 g/mol. The Bertz CT molecular complexity index is 354. The van der Waals surface area contributed by atoms with Gasteiger partial charge in [-0.3, -0.25) is 4.90 Å². The van der Waals surface area contributed by atoms with Crippen molar-refractivity contribution in [2.45, 2.75) is 12.6 Å². The number of hydrogen-bond acceptors (Lipinski definition) is 3. The Morgan fingerprint density at radius 3 is 2.41 bits per heavy atom. The van der Waals surface area contributed by atoms with Crippen LogP contribution in [-0.4, -0.2) is 35.5 Å². The quantitative estimate of drug-likeness (QED) is 0.865. The Labute approximate surface area is 108 Å². The minimum Gasteiger partial charge on any atom is -0.327 e. The molecule has 0 unspecified atom stereocenters. The van der Waals surface area contributed by atoms with E-state index in [4.69, 9.17) is 5.73 Å². The number of nitrogens with two attached hydrogens (primary N) is 1. The van der Waals surface area contributed by atoms with Crippen LogP contribution in [-0.2, 0) is 6.54 Å². The average Bonchev–Trinajstić information content (AvgIpc) is 2.32. The van der Waals surface area contributed by atoms with Crippen LogP contribution in [0.2, 0.25) is 0 Å². The first-order valence-electron chi connectivity index (χ1n) is 6.42. The van der Waals surface area contributed by atoms with E-state index in [0.29, 0.717) is 17.9 Å². The third-order valence-electron chi connectivity index (χ3n) is 3.99. The predicted octanol–water partition coefficient (Wildman–Crippen LogP) is 1.81. The van der Waals surface area contributed by atoms with Crippen molar-refractivity contribution >= 4 is 11.8 Å². The Morgan fingerprint density at radius 1 is 1.12 bits per heavy atom. The molecule has 2 bridgehead atoms. The molecule has 0 aromatic heterocycles. The lowest BCUT2D eigenvalue weighted by atomic mass is 9.85. The molecule has 0 aliphatic carbocycles. The lowest BCUT2D eigenvalue weighted by molar-refractivity contribution is 0.112. The van der Waals surface area contributed by atoms with Crippen molar-refractivity contribution in [3.8, 4) is 0 Å². The van der Waals surface area contributed by atoms with E-state index in [9.17, 15) is 0 Å². The Balaban J connectivity index is 1.66. The summed E-state index contributed by atoms with van der Waals surface area (Å²) >= 11 is 2.09. The largest absolute Gasteiger partial charge is 0.327 e. The van der Waals surface area contributed by atoms with Crippen LogP contribution in [0.15, 0.2) is 30.3 Å². The van der Waals surface area contributed by atoms with Crippen LogP contribution in [0.5, 0.6) is 0 Å². The number of fused-ring (bicyclic) bond motifs is 2. The molecule has 0 radical (unpaired) electrons. The highest BCUT2D eigenvalue weighted by Crippen LogP contribution is 2.32. The van der Waals surface area contributed by atoms with Crippen molar-refractivity contribution in [3.05, 3.63) is 35.9 Å². The van der Waals surface area contributed by atoms with E-state index in [0.717, 1.165) is 6.54 Å². The lowest BCUT2D eigenvalue weighted by Gasteiger charge is -2.45. The number of thioether (sulfide) groups is 1. The summed E-state index contributed by atoms with van der Waals surface area (Å²) < 4.78 is 0.